The summed E-state index contributed by atoms with van der Waals surface area (Å²) in [6.07, 6.45) is -0.502. The summed E-state index contributed by atoms with van der Waals surface area (Å²) in [5, 5.41) is 0. The van der Waals surface area contributed by atoms with Crippen LogP contribution in [0, 0.1) is 0 Å². The third kappa shape index (κ3) is 2.97. The molecule has 0 aliphatic carbocycles. The van der Waals surface area contributed by atoms with Crippen molar-refractivity contribution in [2.75, 3.05) is 13.7 Å². The van der Waals surface area contributed by atoms with Crippen molar-refractivity contribution in [1.29, 1.82) is 0 Å². The van der Waals surface area contributed by atoms with Gasteiger partial charge >= 0.3 is 5.97 Å². The average molecular weight is 326 g/mol. The molecule has 0 spiro atoms. The van der Waals surface area contributed by atoms with Crippen molar-refractivity contribution in [3.05, 3.63) is 59.2 Å². The summed E-state index contributed by atoms with van der Waals surface area (Å²) in [5.74, 6) is 0.525. The normalized spacial score (nSPS) is 15.6. The van der Waals surface area contributed by atoms with Crippen molar-refractivity contribution in [3.8, 4) is 11.5 Å². The summed E-state index contributed by atoms with van der Waals surface area (Å²) in [7, 11) is 1.54. The molecule has 0 bridgehead atoms. The van der Waals surface area contributed by atoms with E-state index in [9.17, 15) is 9.59 Å². The van der Waals surface area contributed by atoms with Gasteiger partial charge in [-0.25, -0.2) is 4.79 Å². The first kappa shape index (κ1) is 16.1. The number of benzene rings is 2. The molecule has 3 rings (SSSR count). The Morgan fingerprint density at radius 2 is 2.00 bits per heavy atom. The molecule has 0 aromatic heterocycles. The molecule has 1 heterocycles. The molecule has 24 heavy (non-hydrogen) atoms. The summed E-state index contributed by atoms with van der Waals surface area (Å²) in [4.78, 5) is 24.6. The largest absolute Gasteiger partial charge is 0.497 e. The predicted molar refractivity (Wildman–Crippen MR) is 87.7 cm³/mol. The zero-order chi connectivity index (χ0) is 17.1. The van der Waals surface area contributed by atoms with Gasteiger partial charge in [0.25, 0.3) is 0 Å². The van der Waals surface area contributed by atoms with Crippen LogP contribution in [0.1, 0.15) is 45.7 Å². The molecule has 124 valence electrons. The van der Waals surface area contributed by atoms with Gasteiger partial charge in [0.2, 0.25) is 0 Å². The maximum absolute atomic E-state index is 12.8. The highest BCUT2D eigenvalue weighted by atomic mass is 16.5. The molecule has 1 aliphatic rings. The fourth-order valence-electron chi connectivity index (χ4n) is 2.79. The van der Waals surface area contributed by atoms with Gasteiger partial charge in [0, 0.05) is 5.56 Å². The van der Waals surface area contributed by atoms with Gasteiger partial charge in [-0.1, -0.05) is 18.2 Å². The van der Waals surface area contributed by atoms with E-state index in [0.29, 0.717) is 29.2 Å². The molecule has 2 aromatic carbocycles. The fraction of sp³-hybridized carbons (Fsp3) is 0.263. The van der Waals surface area contributed by atoms with Gasteiger partial charge in [0.1, 0.15) is 17.6 Å². The first-order valence-corrected chi connectivity index (χ1v) is 7.78. The van der Waals surface area contributed by atoms with Crippen molar-refractivity contribution in [2.24, 2.45) is 0 Å². The van der Waals surface area contributed by atoms with Gasteiger partial charge in [0.15, 0.2) is 5.78 Å². The molecule has 1 atom stereocenters. The van der Waals surface area contributed by atoms with E-state index in [1.807, 2.05) is 19.1 Å². The number of ketones is 1. The van der Waals surface area contributed by atoms with Crippen LogP contribution in [-0.4, -0.2) is 25.5 Å². The molecule has 0 saturated heterocycles. The molecule has 2 aromatic rings. The number of methoxy groups -OCH3 is 1. The first-order chi connectivity index (χ1) is 11.6. The van der Waals surface area contributed by atoms with E-state index in [-0.39, 0.29) is 18.2 Å². The van der Waals surface area contributed by atoms with Gasteiger partial charge in [0.05, 0.1) is 31.3 Å². The van der Waals surface area contributed by atoms with Crippen LogP contribution in [0.2, 0.25) is 0 Å². The number of hydrogen-bond donors (Lipinski definition) is 0. The minimum Gasteiger partial charge on any atom is -0.497 e. The smallest absolute Gasteiger partial charge is 0.339 e. The van der Waals surface area contributed by atoms with E-state index < -0.39 is 6.10 Å². The number of hydrogen-bond acceptors (Lipinski definition) is 5. The second-order valence-electron chi connectivity index (χ2n) is 5.40. The van der Waals surface area contributed by atoms with Crippen LogP contribution in [-0.2, 0) is 4.74 Å². The Kier molecular flexibility index (Phi) is 4.51. The molecule has 5 heteroatoms. The second kappa shape index (κ2) is 6.74. The van der Waals surface area contributed by atoms with Crippen LogP contribution in [0.4, 0.5) is 0 Å². The highest BCUT2D eigenvalue weighted by molar-refractivity contribution is 6.01. The monoisotopic (exact) mass is 326 g/mol. The zero-order valence-electron chi connectivity index (χ0n) is 13.6. The zero-order valence-corrected chi connectivity index (χ0v) is 13.6. The lowest BCUT2D eigenvalue weighted by Gasteiger charge is -2.14. The molecule has 0 radical (unpaired) electrons. The van der Waals surface area contributed by atoms with Gasteiger partial charge in [-0.15, -0.1) is 0 Å². The molecule has 0 N–H and O–H groups in total. The minimum atomic E-state index is -0.568. The molecule has 1 unspecified atom stereocenters. The van der Waals surface area contributed by atoms with E-state index in [4.69, 9.17) is 14.2 Å². The fourth-order valence-corrected chi connectivity index (χ4v) is 2.79. The Balaban J connectivity index is 1.87. The van der Waals surface area contributed by atoms with Crippen LogP contribution in [0.3, 0.4) is 0 Å². The molecule has 0 saturated carbocycles. The molecule has 0 fully saturated rings. The number of cyclic esters (lactones) is 1. The number of carbonyl (C=O) groups is 2. The van der Waals surface area contributed by atoms with Crippen molar-refractivity contribution >= 4 is 11.8 Å². The van der Waals surface area contributed by atoms with Gasteiger partial charge in [-0.2, -0.15) is 0 Å². The van der Waals surface area contributed by atoms with E-state index in [2.05, 4.69) is 0 Å². The predicted octanol–water partition coefficient (Wildman–Crippen LogP) is 3.58. The Morgan fingerprint density at radius 3 is 2.75 bits per heavy atom. The number of esters is 1. The third-order valence-electron chi connectivity index (χ3n) is 3.93. The summed E-state index contributed by atoms with van der Waals surface area (Å²) in [5.41, 5.74) is 1.69. The Hall–Kier alpha value is -2.82. The number of rotatable bonds is 6. The van der Waals surface area contributed by atoms with Crippen LogP contribution < -0.4 is 9.47 Å². The Bertz CT molecular complexity index is 781. The van der Waals surface area contributed by atoms with Crippen molar-refractivity contribution in [1.82, 2.24) is 0 Å². The number of Topliss-reactive ketones (excluding diaryl/α,β-unsaturated/α-hetero) is 1. The summed E-state index contributed by atoms with van der Waals surface area (Å²) in [6.45, 7) is 2.31. The minimum absolute atomic E-state index is 0.0655. The van der Waals surface area contributed by atoms with E-state index in [1.165, 1.54) is 0 Å². The number of fused-ring (bicyclic) bond motifs is 1. The maximum atomic E-state index is 12.8. The second-order valence-corrected chi connectivity index (χ2v) is 5.40. The highest BCUT2D eigenvalue weighted by Crippen LogP contribution is 2.35. The van der Waals surface area contributed by atoms with Crippen molar-refractivity contribution in [3.63, 3.8) is 0 Å². The van der Waals surface area contributed by atoms with Crippen LogP contribution in [0.15, 0.2) is 42.5 Å². The number of ether oxygens (including phenoxy) is 3. The first-order valence-electron chi connectivity index (χ1n) is 7.78. The van der Waals surface area contributed by atoms with E-state index in [1.54, 1.807) is 37.4 Å². The highest BCUT2D eigenvalue weighted by Gasteiger charge is 2.32. The van der Waals surface area contributed by atoms with Gasteiger partial charge in [-0.05, 0) is 31.2 Å². The Morgan fingerprint density at radius 1 is 1.21 bits per heavy atom. The van der Waals surface area contributed by atoms with E-state index in [0.717, 1.165) is 5.56 Å². The summed E-state index contributed by atoms with van der Waals surface area (Å²) < 4.78 is 16.1. The van der Waals surface area contributed by atoms with Crippen LogP contribution in [0.5, 0.6) is 11.5 Å². The summed E-state index contributed by atoms with van der Waals surface area (Å²) in [6, 6.07) is 12.2. The molecule has 1 aliphatic heterocycles. The van der Waals surface area contributed by atoms with Crippen molar-refractivity contribution < 1.29 is 23.8 Å². The third-order valence-corrected chi connectivity index (χ3v) is 3.93. The SMILES string of the molecule is CCOc1ccc(OC)cc1C(=O)CC1OC(=O)c2ccccc21. The van der Waals surface area contributed by atoms with Gasteiger partial charge in [-0.3, -0.25) is 4.79 Å². The lowest BCUT2D eigenvalue weighted by molar-refractivity contribution is 0.0367. The lowest BCUT2D eigenvalue weighted by Crippen LogP contribution is -2.10. The molecule has 0 amide bonds. The quantitative estimate of drug-likeness (QED) is 0.600. The summed E-state index contributed by atoms with van der Waals surface area (Å²) >= 11 is 0. The Labute approximate surface area is 140 Å². The van der Waals surface area contributed by atoms with E-state index >= 15 is 0 Å². The molecular formula is C19H18O5. The number of carbonyl (C=O) groups excluding carboxylic acids is 2. The van der Waals surface area contributed by atoms with Crippen LogP contribution >= 0.6 is 0 Å². The average Bonchev–Trinajstić information content (AvgIpc) is 2.92. The standard InChI is InChI=1S/C19H18O5/c1-3-23-17-9-8-12(22-2)10-15(17)16(20)11-18-13-6-4-5-7-14(13)19(21)24-18/h4-10,18H,3,11H2,1-2H3. The maximum Gasteiger partial charge on any atom is 0.339 e. The van der Waals surface area contributed by atoms with Crippen molar-refractivity contribution in [2.45, 2.75) is 19.4 Å². The topological polar surface area (TPSA) is 61.8 Å². The van der Waals surface area contributed by atoms with Gasteiger partial charge < -0.3 is 14.2 Å². The molecular weight excluding hydrogens is 308 g/mol. The van der Waals surface area contributed by atoms with Crippen LogP contribution in [0.25, 0.3) is 0 Å². The lowest BCUT2D eigenvalue weighted by atomic mass is 9.98. The molecule has 5 nitrogen and oxygen atoms in total.